The highest BCUT2D eigenvalue weighted by Crippen LogP contribution is 2.68. The minimum absolute atomic E-state index is 0.0326. The topological polar surface area (TPSA) is 75.3 Å². The number of benzene rings is 1. The number of aliphatic hydroxyl groups is 2. The normalized spacial score (nSPS) is 41.7. The molecule has 2 aromatic rings. The Bertz CT molecular complexity index is 1280. The number of hydrogen-bond donors (Lipinski definition) is 2. The van der Waals surface area contributed by atoms with Crippen molar-refractivity contribution in [2.45, 2.75) is 65.6 Å². The second-order valence-electron chi connectivity index (χ2n) is 12.2. The average Bonchev–Trinajstić information content (AvgIpc) is 3.30. The van der Waals surface area contributed by atoms with Crippen molar-refractivity contribution in [1.82, 2.24) is 9.78 Å². The van der Waals surface area contributed by atoms with Crippen LogP contribution in [0, 0.1) is 34.5 Å². The number of ketones is 1. The van der Waals surface area contributed by atoms with Crippen molar-refractivity contribution in [3.63, 3.8) is 0 Å². The molecule has 184 valence electrons. The molecular weight excluding hydrogens is 436 g/mol. The highest BCUT2D eigenvalue weighted by atomic mass is 16.3. The van der Waals surface area contributed by atoms with Crippen LogP contribution in [0.2, 0.25) is 0 Å². The summed E-state index contributed by atoms with van der Waals surface area (Å²) < 4.78 is 2.02. The molecule has 0 spiro atoms. The Morgan fingerprint density at radius 1 is 1.20 bits per heavy atom. The van der Waals surface area contributed by atoms with Gasteiger partial charge in [0.05, 0.1) is 23.7 Å². The van der Waals surface area contributed by atoms with Gasteiger partial charge in [0.1, 0.15) is 5.60 Å². The van der Waals surface area contributed by atoms with E-state index in [1.54, 1.807) is 0 Å². The molecule has 0 bridgehead atoms. The first-order chi connectivity index (χ1) is 16.5. The number of aliphatic hydroxyl groups excluding tert-OH is 1. The van der Waals surface area contributed by atoms with Gasteiger partial charge in [-0.3, -0.25) is 4.79 Å². The van der Waals surface area contributed by atoms with Crippen LogP contribution in [0.15, 0.2) is 53.8 Å². The van der Waals surface area contributed by atoms with Crippen LogP contribution in [0.25, 0.3) is 11.8 Å². The maximum absolute atomic E-state index is 12.8. The number of carbonyl (C=O) groups is 1. The zero-order chi connectivity index (χ0) is 24.9. The molecule has 1 aromatic carbocycles. The summed E-state index contributed by atoms with van der Waals surface area (Å²) in [6.45, 7) is 10.0. The number of hydrogen-bond acceptors (Lipinski definition) is 4. The lowest BCUT2D eigenvalue weighted by molar-refractivity contribution is -0.175. The van der Waals surface area contributed by atoms with E-state index < -0.39 is 17.1 Å². The molecule has 5 nitrogen and oxygen atoms in total. The van der Waals surface area contributed by atoms with Gasteiger partial charge >= 0.3 is 0 Å². The zero-order valence-electron chi connectivity index (χ0n) is 21.3. The zero-order valence-corrected chi connectivity index (χ0v) is 21.3. The van der Waals surface area contributed by atoms with Crippen molar-refractivity contribution < 1.29 is 15.0 Å². The van der Waals surface area contributed by atoms with E-state index >= 15 is 0 Å². The second-order valence-corrected chi connectivity index (χ2v) is 12.2. The molecule has 0 radical (unpaired) electrons. The van der Waals surface area contributed by atoms with E-state index in [0.717, 1.165) is 24.2 Å². The Labute approximate surface area is 207 Å². The average molecular weight is 473 g/mol. The molecule has 0 aliphatic heterocycles. The largest absolute Gasteiger partial charge is 0.393 e. The molecule has 2 N–H and O–H groups in total. The molecule has 0 amide bonds. The molecule has 2 fully saturated rings. The molecular formula is C30H36N2O3. The summed E-state index contributed by atoms with van der Waals surface area (Å²) in [7, 11) is 0. The fourth-order valence-corrected chi connectivity index (χ4v) is 8.92. The molecule has 4 aliphatic rings. The van der Waals surface area contributed by atoms with Gasteiger partial charge < -0.3 is 10.2 Å². The Morgan fingerprint density at radius 3 is 2.60 bits per heavy atom. The van der Waals surface area contributed by atoms with Gasteiger partial charge in [-0.2, -0.15) is 5.10 Å². The number of rotatable bonds is 2. The van der Waals surface area contributed by atoms with Crippen molar-refractivity contribution >= 4 is 11.9 Å². The smallest absolute Gasteiger partial charge is 0.162 e. The van der Waals surface area contributed by atoms with E-state index in [4.69, 9.17) is 5.10 Å². The number of fused-ring (bicyclic) bond motifs is 6. The minimum Gasteiger partial charge on any atom is -0.393 e. The summed E-state index contributed by atoms with van der Waals surface area (Å²) >= 11 is 0. The molecule has 8 atom stereocenters. The van der Waals surface area contributed by atoms with Crippen molar-refractivity contribution in [2.75, 3.05) is 0 Å². The first-order valence-corrected chi connectivity index (χ1v) is 13.0. The summed E-state index contributed by atoms with van der Waals surface area (Å²) in [5, 5.41) is 28.2. The first kappa shape index (κ1) is 22.9. The van der Waals surface area contributed by atoms with Crippen molar-refractivity contribution in [3.05, 3.63) is 65.0 Å². The fourth-order valence-electron chi connectivity index (χ4n) is 8.92. The number of nitrogens with zero attached hydrogens (tertiary/aromatic N) is 2. The van der Waals surface area contributed by atoms with Gasteiger partial charge in [-0.05, 0) is 80.2 Å². The van der Waals surface area contributed by atoms with E-state index in [0.29, 0.717) is 6.42 Å². The first-order valence-electron chi connectivity index (χ1n) is 13.0. The molecule has 2 saturated carbocycles. The van der Waals surface area contributed by atoms with Crippen LogP contribution in [-0.2, 0) is 11.2 Å². The molecule has 6 rings (SSSR count). The van der Waals surface area contributed by atoms with Crippen molar-refractivity contribution in [3.8, 4) is 5.69 Å². The van der Waals surface area contributed by atoms with Gasteiger partial charge in [0.15, 0.2) is 5.78 Å². The van der Waals surface area contributed by atoms with Crippen LogP contribution in [0.3, 0.4) is 0 Å². The SMILES string of the molecule is CC(=O)[C@@]1(O)[C@H](C)C[C@H]2[C@@H]3C=C(C)C4=Cc5c(cnn5-c5ccccc5)C[C@]4(C)C3[C@@H](O)C[C@@]21C. The summed E-state index contributed by atoms with van der Waals surface area (Å²) in [5.41, 5.74) is 3.62. The van der Waals surface area contributed by atoms with Crippen molar-refractivity contribution in [1.29, 1.82) is 0 Å². The van der Waals surface area contributed by atoms with E-state index in [9.17, 15) is 15.0 Å². The third kappa shape index (κ3) is 2.77. The maximum Gasteiger partial charge on any atom is 0.162 e. The van der Waals surface area contributed by atoms with Crippen LogP contribution in [0.5, 0.6) is 0 Å². The Kier molecular flexibility index (Phi) is 4.76. The minimum atomic E-state index is -1.39. The molecule has 1 heterocycles. The van der Waals surface area contributed by atoms with E-state index in [1.165, 1.54) is 23.6 Å². The van der Waals surface area contributed by atoms with Gasteiger partial charge in [0.25, 0.3) is 0 Å². The van der Waals surface area contributed by atoms with E-state index in [1.807, 2.05) is 42.9 Å². The van der Waals surface area contributed by atoms with Gasteiger partial charge in [0, 0.05) is 16.7 Å². The summed E-state index contributed by atoms with van der Waals surface area (Å²) in [6.07, 6.45) is 8.08. The third-order valence-electron chi connectivity index (χ3n) is 10.4. The third-order valence-corrected chi connectivity index (χ3v) is 10.4. The van der Waals surface area contributed by atoms with Gasteiger partial charge in [-0.15, -0.1) is 0 Å². The number of aromatic nitrogens is 2. The number of Topliss-reactive ketones (excluding diaryl/α,β-unsaturated/α-hetero) is 1. The predicted molar refractivity (Wildman–Crippen MR) is 136 cm³/mol. The number of carbonyl (C=O) groups excluding carboxylic acids is 1. The van der Waals surface area contributed by atoms with Crippen LogP contribution < -0.4 is 0 Å². The highest BCUT2D eigenvalue weighted by molar-refractivity contribution is 5.86. The number of allylic oxidation sites excluding steroid dienone is 3. The van der Waals surface area contributed by atoms with Gasteiger partial charge in [-0.25, -0.2) is 4.68 Å². The summed E-state index contributed by atoms with van der Waals surface area (Å²) in [5.74, 6) is 0.0142. The van der Waals surface area contributed by atoms with Crippen LogP contribution in [0.4, 0.5) is 0 Å². The lowest BCUT2D eigenvalue weighted by Crippen LogP contribution is -2.62. The molecule has 1 aromatic heterocycles. The van der Waals surface area contributed by atoms with Gasteiger partial charge in [-0.1, -0.05) is 50.6 Å². The highest BCUT2D eigenvalue weighted by Gasteiger charge is 2.69. The second kappa shape index (κ2) is 7.27. The van der Waals surface area contributed by atoms with Crippen LogP contribution >= 0.6 is 0 Å². The molecule has 1 unspecified atom stereocenters. The standard InChI is InChI=1S/C30H36N2O3/c1-17-11-22-24-12-18(2)30(35,19(3)33)29(24,5)15-26(34)27(22)28(4)14-20-16-31-32(25(20)13-23(17)28)21-9-7-6-8-10-21/h6-11,13,16,18,22,24,26-27,34-35H,12,14-15H2,1-5H3/t18-,22+,24+,26+,27?,28+,29+,30+/m1/s1. The lowest BCUT2D eigenvalue weighted by atomic mass is 9.46. The molecule has 35 heavy (non-hydrogen) atoms. The van der Waals surface area contributed by atoms with Crippen molar-refractivity contribution in [2.24, 2.45) is 34.5 Å². The van der Waals surface area contributed by atoms with E-state index in [2.05, 4.69) is 38.1 Å². The summed E-state index contributed by atoms with van der Waals surface area (Å²) in [4.78, 5) is 12.8. The Morgan fingerprint density at radius 2 is 1.91 bits per heavy atom. The Balaban J connectivity index is 1.47. The fraction of sp³-hybridized carbons (Fsp3) is 0.533. The number of para-hydroxylation sites is 1. The molecule has 4 aliphatic carbocycles. The quantitative estimate of drug-likeness (QED) is 0.661. The molecule has 5 heteroatoms. The Hall–Kier alpha value is -2.50. The van der Waals surface area contributed by atoms with Crippen LogP contribution in [-0.4, -0.2) is 37.5 Å². The molecule has 0 saturated heterocycles. The van der Waals surface area contributed by atoms with Gasteiger partial charge in [0.2, 0.25) is 0 Å². The maximum atomic E-state index is 12.8. The predicted octanol–water partition coefficient (Wildman–Crippen LogP) is 4.76. The monoisotopic (exact) mass is 472 g/mol. The lowest BCUT2D eigenvalue weighted by Gasteiger charge is -2.59. The van der Waals surface area contributed by atoms with E-state index in [-0.39, 0.29) is 34.9 Å². The summed E-state index contributed by atoms with van der Waals surface area (Å²) in [6, 6.07) is 10.2. The van der Waals surface area contributed by atoms with Crippen LogP contribution in [0.1, 0.15) is 58.7 Å².